The zero-order valence-corrected chi connectivity index (χ0v) is 12.3. The van der Waals surface area contributed by atoms with Crippen molar-refractivity contribution in [3.8, 4) is 0 Å². The molecule has 1 saturated heterocycles. The van der Waals surface area contributed by atoms with Gasteiger partial charge in [-0.25, -0.2) is 0 Å². The van der Waals surface area contributed by atoms with E-state index in [2.05, 4.69) is 18.7 Å². The van der Waals surface area contributed by atoms with Crippen molar-refractivity contribution in [1.82, 2.24) is 4.90 Å². The third-order valence-corrected chi connectivity index (χ3v) is 5.44. The summed E-state index contributed by atoms with van der Waals surface area (Å²) >= 11 is 0. The number of likely N-dealkylation sites (tertiary alicyclic amines) is 1. The summed E-state index contributed by atoms with van der Waals surface area (Å²) in [5.41, 5.74) is 0.211. The Balaban J connectivity index is 2.03. The summed E-state index contributed by atoms with van der Waals surface area (Å²) in [5, 5.41) is 9.95. The van der Waals surface area contributed by atoms with Crippen molar-refractivity contribution >= 4 is 0 Å². The number of aliphatic hydroxyl groups is 1. The van der Waals surface area contributed by atoms with E-state index < -0.39 is 0 Å². The second-order valence-electron chi connectivity index (χ2n) is 6.73. The largest absolute Gasteiger partial charge is 0.396 e. The molecule has 1 N–H and O–H groups in total. The molecule has 1 aliphatic heterocycles. The van der Waals surface area contributed by atoms with Crippen LogP contribution in [0.4, 0.5) is 0 Å². The van der Waals surface area contributed by atoms with Gasteiger partial charge in [-0.05, 0) is 39.0 Å². The molecule has 0 aromatic heterocycles. The number of hydrogen-bond acceptors (Lipinski definition) is 2. The van der Waals surface area contributed by atoms with Crippen LogP contribution in [0.25, 0.3) is 0 Å². The molecule has 1 saturated carbocycles. The third-order valence-electron chi connectivity index (χ3n) is 5.44. The first kappa shape index (κ1) is 14.3. The summed E-state index contributed by atoms with van der Waals surface area (Å²) in [5.74, 6) is 0. The molecule has 18 heavy (non-hydrogen) atoms. The lowest BCUT2D eigenvalue weighted by Crippen LogP contribution is -2.45. The van der Waals surface area contributed by atoms with E-state index in [0.717, 1.165) is 18.6 Å². The fraction of sp³-hybridized carbons (Fsp3) is 1.00. The minimum Gasteiger partial charge on any atom is -0.396 e. The maximum absolute atomic E-state index is 9.95. The van der Waals surface area contributed by atoms with Crippen LogP contribution in [0.5, 0.6) is 0 Å². The predicted octanol–water partition coefficient (Wildman–Crippen LogP) is 3.58. The molecule has 0 amide bonds. The van der Waals surface area contributed by atoms with Crippen LogP contribution in [0.15, 0.2) is 0 Å². The Morgan fingerprint density at radius 3 is 2.33 bits per heavy atom. The lowest BCUT2D eigenvalue weighted by molar-refractivity contribution is 0.0405. The van der Waals surface area contributed by atoms with Gasteiger partial charge in [0.2, 0.25) is 0 Å². The van der Waals surface area contributed by atoms with Crippen molar-refractivity contribution in [3.05, 3.63) is 0 Å². The highest BCUT2D eigenvalue weighted by atomic mass is 16.3. The second-order valence-corrected chi connectivity index (χ2v) is 6.73. The van der Waals surface area contributed by atoms with E-state index in [4.69, 9.17) is 0 Å². The lowest BCUT2D eigenvalue weighted by Gasteiger charge is -2.39. The molecule has 2 atom stereocenters. The molecule has 106 valence electrons. The smallest absolute Gasteiger partial charge is 0.0499 e. The van der Waals surface area contributed by atoms with Crippen LogP contribution in [-0.4, -0.2) is 35.2 Å². The van der Waals surface area contributed by atoms with E-state index >= 15 is 0 Å². The maximum atomic E-state index is 9.95. The van der Waals surface area contributed by atoms with Gasteiger partial charge in [0.1, 0.15) is 0 Å². The molecule has 0 aromatic carbocycles. The molecule has 2 unspecified atom stereocenters. The average Bonchev–Trinajstić information content (AvgIpc) is 2.61. The molecule has 0 bridgehead atoms. The van der Waals surface area contributed by atoms with E-state index in [9.17, 15) is 5.11 Å². The van der Waals surface area contributed by atoms with Gasteiger partial charge in [0.05, 0.1) is 0 Å². The molecule has 0 radical (unpaired) electrons. The fourth-order valence-corrected chi connectivity index (χ4v) is 4.08. The molecule has 0 aromatic rings. The Bertz CT molecular complexity index is 245. The normalized spacial score (nSPS) is 33.5. The standard InChI is InChI=1S/C16H31NO/c1-3-15-9-8-14(2)17(15)12-16(13-18)10-6-4-5-7-11-16/h14-15,18H,3-13H2,1-2H3. The van der Waals surface area contributed by atoms with E-state index in [1.54, 1.807) is 0 Å². The van der Waals surface area contributed by atoms with Crippen molar-refractivity contribution in [2.45, 2.75) is 83.7 Å². The molecule has 2 nitrogen and oxygen atoms in total. The maximum Gasteiger partial charge on any atom is 0.0499 e. The predicted molar refractivity (Wildman–Crippen MR) is 76.7 cm³/mol. The van der Waals surface area contributed by atoms with Gasteiger partial charge >= 0.3 is 0 Å². The zero-order chi connectivity index (χ0) is 13.0. The van der Waals surface area contributed by atoms with Crippen LogP contribution >= 0.6 is 0 Å². The van der Waals surface area contributed by atoms with Crippen LogP contribution < -0.4 is 0 Å². The fourth-order valence-electron chi connectivity index (χ4n) is 4.08. The van der Waals surface area contributed by atoms with Gasteiger partial charge in [-0.1, -0.05) is 32.6 Å². The van der Waals surface area contributed by atoms with E-state index in [-0.39, 0.29) is 5.41 Å². The molecular weight excluding hydrogens is 222 g/mol. The average molecular weight is 253 g/mol. The highest BCUT2D eigenvalue weighted by Crippen LogP contribution is 2.38. The van der Waals surface area contributed by atoms with E-state index in [0.29, 0.717) is 6.61 Å². The molecule has 2 aliphatic rings. The third kappa shape index (κ3) is 3.08. The summed E-state index contributed by atoms with van der Waals surface area (Å²) in [4.78, 5) is 2.71. The SMILES string of the molecule is CCC1CCC(C)N1CC1(CO)CCCCCC1. The van der Waals surface area contributed by atoms with Crippen LogP contribution in [0.3, 0.4) is 0 Å². The zero-order valence-electron chi connectivity index (χ0n) is 12.3. The molecule has 2 rings (SSSR count). The molecule has 2 heteroatoms. The molecule has 2 fully saturated rings. The molecular formula is C16H31NO. The van der Waals surface area contributed by atoms with Gasteiger partial charge in [-0.15, -0.1) is 0 Å². The summed E-state index contributed by atoms with van der Waals surface area (Å²) in [6.45, 7) is 6.22. The Hall–Kier alpha value is -0.0800. The van der Waals surface area contributed by atoms with Crippen molar-refractivity contribution in [1.29, 1.82) is 0 Å². The number of nitrogens with zero attached hydrogens (tertiary/aromatic N) is 1. The summed E-state index contributed by atoms with van der Waals surface area (Å²) in [6, 6.07) is 1.49. The number of aliphatic hydroxyl groups excluding tert-OH is 1. The Kier molecular flexibility index (Phi) is 5.08. The second kappa shape index (κ2) is 6.38. The summed E-state index contributed by atoms with van der Waals surface area (Å²) in [7, 11) is 0. The van der Waals surface area contributed by atoms with Crippen LogP contribution in [-0.2, 0) is 0 Å². The quantitative estimate of drug-likeness (QED) is 0.774. The minimum absolute atomic E-state index is 0.211. The topological polar surface area (TPSA) is 23.5 Å². The van der Waals surface area contributed by atoms with Crippen molar-refractivity contribution < 1.29 is 5.11 Å². The van der Waals surface area contributed by atoms with Crippen LogP contribution in [0.1, 0.15) is 71.6 Å². The first-order valence-electron chi connectivity index (χ1n) is 8.07. The first-order valence-corrected chi connectivity index (χ1v) is 8.07. The number of rotatable bonds is 4. The Labute approximate surface area is 113 Å². The van der Waals surface area contributed by atoms with Gasteiger partial charge in [-0.2, -0.15) is 0 Å². The highest BCUT2D eigenvalue weighted by Gasteiger charge is 2.38. The summed E-state index contributed by atoms with van der Waals surface area (Å²) in [6.07, 6.45) is 11.8. The lowest BCUT2D eigenvalue weighted by atomic mass is 9.80. The minimum atomic E-state index is 0.211. The van der Waals surface area contributed by atoms with Gasteiger partial charge in [0.25, 0.3) is 0 Å². The van der Waals surface area contributed by atoms with E-state index in [1.165, 1.54) is 57.8 Å². The van der Waals surface area contributed by atoms with Crippen molar-refractivity contribution in [3.63, 3.8) is 0 Å². The van der Waals surface area contributed by atoms with Gasteiger partial charge < -0.3 is 5.11 Å². The highest BCUT2D eigenvalue weighted by molar-refractivity contribution is 4.91. The molecule has 0 spiro atoms. The molecule has 1 heterocycles. The Morgan fingerprint density at radius 2 is 1.78 bits per heavy atom. The summed E-state index contributed by atoms with van der Waals surface area (Å²) < 4.78 is 0. The molecule has 1 aliphatic carbocycles. The van der Waals surface area contributed by atoms with E-state index in [1.807, 2.05) is 0 Å². The van der Waals surface area contributed by atoms with Gasteiger partial charge in [-0.3, -0.25) is 4.90 Å². The van der Waals surface area contributed by atoms with Gasteiger partial charge in [0.15, 0.2) is 0 Å². The Morgan fingerprint density at radius 1 is 1.11 bits per heavy atom. The van der Waals surface area contributed by atoms with Gasteiger partial charge in [0, 0.05) is 30.7 Å². The first-order chi connectivity index (χ1) is 8.71. The number of hydrogen-bond donors (Lipinski definition) is 1. The van der Waals surface area contributed by atoms with Crippen LogP contribution in [0.2, 0.25) is 0 Å². The van der Waals surface area contributed by atoms with Crippen molar-refractivity contribution in [2.24, 2.45) is 5.41 Å². The monoisotopic (exact) mass is 253 g/mol. The van der Waals surface area contributed by atoms with Crippen molar-refractivity contribution in [2.75, 3.05) is 13.2 Å². The van der Waals surface area contributed by atoms with Crippen LogP contribution in [0, 0.1) is 5.41 Å².